The van der Waals surface area contributed by atoms with E-state index in [0.29, 0.717) is 12.5 Å². The number of benzene rings is 2. The van der Waals surface area contributed by atoms with E-state index in [9.17, 15) is 0 Å². The van der Waals surface area contributed by atoms with Crippen LogP contribution in [0.5, 0.6) is 11.5 Å². The van der Waals surface area contributed by atoms with Crippen molar-refractivity contribution in [2.75, 3.05) is 26.7 Å². The van der Waals surface area contributed by atoms with Crippen molar-refractivity contribution in [3.63, 3.8) is 0 Å². The fourth-order valence-electron chi connectivity index (χ4n) is 1.78. The highest BCUT2D eigenvalue weighted by Crippen LogP contribution is 2.15. The third kappa shape index (κ3) is 4.59. The molecule has 0 heterocycles. The summed E-state index contributed by atoms with van der Waals surface area (Å²) in [5, 5.41) is 0. The highest BCUT2D eigenvalue weighted by Gasteiger charge is 2.38. The minimum absolute atomic E-state index is 0.372. The van der Waals surface area contributed by atoms with E-state index in [1.807, 2.05) is 60.7 Å². The van der Waals surface area contributed by atoms with E-state index >= 15 is 0 Å². The molecule has 0 aliphatic heterocycles. The summed E-state index contributed by atoms with van der Waals surface area (Å²) in [4.78, 5) is 0. The van der Waals surface area contributed by atoms with Crippen LogP contribution in [0, 0.1) is 0 Å². The van der Waals surface area contributed by atoms with Gasteiger partial charge in [-0.15, -0.1) is 0 Å². The predicted octanol–water partition coefficient (Wildman–Crippen LogP) is 2.96. The van der Waals surface area contributed by atoms with E-state index in [2.05, 4.69) is 0 Å². The van der Waals surface area contributed by atoms with Crippen molar-refractivity contribution in [1.29, 1.82) is 0 Å². The first kappa shape index (κ1) is 15.6. The Morgan fingerprint density at radius 1 is 0.667 bits per heavy atom. The normalized spacial score (nSPS) is 11.1. The second-order valence-corrected chi connectivity index (χ2v) is 7.74. The molecule has 21 heavy (non-hydrogen) atoms. The third-order valence-corrected chi connectivity index (χ3v) is 5.80. The molecule has 0 N–H and O–H groups in total. The molecule has 0 spiro atoms. The van der Waals surface area contributed by atoms with E-state index in [-0.39, 0.29) is 0 Å². The predicted molar refractivity (Wildman–Crippen MR) is 83.6 cm³/mol. The van der Waals surface area contributed by atoms with Crippen molar-refractivity contribution >= 4 is 8.56 Å². The van der Waals surface area contributed by atoms with Gasteiger partial charge in [-0.3, -0.25) is 0 Å². The summed E-state index contributed by atoms with van der Waals surface area (Å²) >= 11 is 0. The number of hydrogen-bond donors (Lipinski definition) is 0. The fraction of sp³-hybridized carbons (Fsp3) is 0.250. The summed E-state index contributed by atoms with van der Waals surface area (Å²) in [7, 11) is 0.721. The van der Waals surface area contributed by atoms with Gasteiger partial charge in [-0.2, -0.15) is 0 Å². The van der Waals surface area contributed by atoms with Gasteiger partial charge in [0.05, 0.1) is 0 Å². The molecular weight excluding hydrogens is 284 g/mol. The van der Waals surface area contributed by atoms with Crippen molar-refractivity contribution in [3.05, 3.63) is 60.7 Å². The van der Waals surface area contributed by atoms with Gasteiger partial charge in [-0.1, -0.05) is 36.4 Å². The maximum absolute atomic E-state index is 5.77. The molecule has 0 bridgehead atoms. The molecule has 5 heteroatoms. The molecule has 0 radical (unpaired) electrons. The highest BCUT2D eigenvalue weighted by atomic mass is 28.4. The van der Waals surface area contributed by atoms with Crippen LogP contribution in [0.4, 0.5) is 0 Å². The summed E-state index contributed by atoms with van der Waals surface area (Å²) in [6, 6.07) is 19.2. The Hall–Kier alpha value is -1.82. The number of para-hydroxylation sites is 2. The van der Waals surface area contributed by atoms with Crippen LogP contribution >= 0.6 is 0 Å². The lowest BCUT2D eigenvalue weighted by atomic mass is 10.3. The molecular formula is C16H20O4Si. The maximum atomic E-state index is 5.77. The van der Waals surface area contributed by atoms with Crippen molar-refractivity contribution < 1.29 is 18.3 Å². The van der Waals surface area contributed by atoms with Gasteiger partial charge in [-0.05, 0) is 24.3 Å². The minimum Gasteiger partial charge on any atom is -0.492 e. The van der Waals surface area contributed by atoms with Crippen molar-refractivity contribution in [3.8, 4) is 11.5 Å². The van der Waals surface area contributed by atoms with E-state index < -0.39 is 8.56 Å². The lowest BCUT2D eigenvalue weighted by Crippen LogP contribution is -2.52. The van der Waals surface area contributed by atoms with Gasteiger partial charge in [0.1, 0.15) is 24.0 Å². The molecule has 0 unspecified atom stereocenters. The molecule has 2 aromatic carbocycles. The lowest BCUT2D eigenvalue weighted by Gasteiger charge is -2.27. The van der Waals surface area contributed by atoms with Gasteiger partial charge < -0.3 is 18.3 Å². The zero-order valence-corrected chi connectivity index (χ0v) is 13.3. The van der Waals surface area contributed by atoms with Crippen LogP contribution in [0.15, 0.2) is 60.7 Å². The third-order valence-electron chi connectivity index (χ3n) is 3.15. The van der Waals surface area contributed by atoms with Crippen LogP contribution in [0.3, 0.4) is 0 Å². The quantitative estimate of drug-likeness (QED) is 0.703. The molecule has 2 aromatic rings. The van der Waals surface area contributed by atoms with Crippen LogP contribution in [0.1, 0.15) is 0 Å². The van der Waals surface area contributed by atoms with Gasteiger partial charge >= 0.3 is 8.56 Å². The maximum Gasteiger partial charge on any atom is 0.415 e. The van der Waals surface area contributed by atoms with Crippen molar-refractivity contribution in [2.45, 2.75) is 0 Å². The molecule has 0 atom stereocenters. The zero-order valence-electron chi connectivity index (χ0n) is 12.3. The summed E-state index contributed by atoms with van der Waals surface area (Å²) in [5.74, 6) is 1.59. The Morgan fingerprint density at radius 2 is 1.05 bits per heavy atom. The average molecular weight is 304 g/mol. The summed E-state index contributed by atoms with van der Waals surface area (Å²) < 4.78 is 22.7. The van der Waals surface area contributed by atoms with Crippen LogP contribution in [-0.2, 0) is 8.85 Å². The number of ether oxygens (including phenoxy) is 2. The molecule has 0 aromatic heterocycles. The highest BCUT2D eigenvalue weighted by molar-refractivity contribution is 6.67. The van der Waals surface area contributed by atoms with Gasteiger partial charge in [-0.25, -0.2) is 0 Å². The van der Waals surface area contributed by atoms with E-state index in [1.54, 1.807) is 14.2 Å². The number of rotatable bonds is 8. The smallest absolute Gasteiger partial charge is 0.415 e. The largest absolute Gasteiger partial charge is 0.492 e. The van der Waals surface area contributed by atoms with Crippen LogP contribution in [0.2, 0.25) is 0 Å². The Balaban J connectivity index is 1.95. The summed E-state index contributed by atoms with van der Waals surface area (Å²) in [6.07, 6.45) is 0.744. The molecule has 0 amide bonds. The Morgan fingerprint density at radius 3 is 1.38 bits per heavy atom. The van der Waals surface area contributed by atoms with Gasteiger partial charge in [0.2, 0.25) is 0 Å². The van der Waals surface area contributed by atoms with E-state index in [4.69, 9.17) is 18.3 Å². The second-order valence-electron chi connectivity index (χ2n) is 4.52. The molecule has 0 saturated carbocycles. The fourth-order valence-corrected chi connectivity index (χ4v) is 3.28. The van der Waals surface area contributed by atoms with Gasteiger partial charge in [0.25, 0.3) is 0 Å². The van der Waals surface area contributed by atoms with E-state index in [0.717, 1.165) is 11.5 Å². The van der Waals surface area contributed by atoms with Crippen LogP contribution in [-0.4, -0.2) is 35.2 Å². The minimum atomic E-state index is -2.55. The first-order chi connectivity index (χ1) is 10.3. The molecule has 2 rings (SSSR count). The van der Waals surface area contributed by atoms with Gasteiger partial charge in [0.15, 0.2) is 0 Å². The van der Waals surface area contributed by atoms with E-state index in [1.165, 1.54) is 0 Å². The van der Waals surface area contributed by atoms with Gasteiger partial charge in [0, 0.05) is 14.2 Å². The molecule has 4 nitrogen and oxygen atoms in total. The first-order valence-electron chi connectivity index (χ1n) is 6.74. The second kappa shape index (κ2) is 7.83. The SMILES string of the molecule is CO[Si](COc1ccccc1)(COc1ccccc1)OC. The lowest BCUT2D eigenvalue weighted by molar-refractivity contribution is 0.176. The molecule has 0 aliphatic carbocycles. The Kier molecular flexibility index (Phi) is 5.80. The van der Waals surface area contributed by atoms with Crippen LogP contribution < -0.4 is 9.47 Å². The Bertz CT molecular complexity index is 469. The topological polar surface area (TPSA) is 36.9 Å². The number of hydrogen-bond acceptors (Lipinski definition) is 4. The van der Waals surface area contributed by atoms with Crippen molar-refractivity contribution in [2.24, 2.45) is 0 Å². The standard InChI is InChI=1S/C16H20O4Si/c1-17-21(18-2,13-19-15-9-5-3-6-10-15)14-20-16-11-7-4-8-12-16/h3-12H,13-14H2,1-2H3. The summed E-state index contributed by atoms with van der Waals surface area (Å²) in [5.41, 5.74) is 0. The monoisotopic (exact) mass is 304 g/mol. The Labute approximate surface area is 126 Å². The molecule has 0 aliphatic rings. The summed E-state index contributed by atoms with van der Waals surface area (Å²) in [6.45, 7) is 0. The van der Waals surface area contributed by atoms with Crippen molar-refractivity contribution in [1.82, 2.24) is 0 Å². The average Bonchev–Trinajstić information content (AvgIpc) is 2.58. The molecule has 0 fully saturated rings. The van der Waals surface area contributed by atoms with Crippen LogP contribution in [0.25, 0.3) is 0 Å². The zero-order chi connectivity index (χ0) is 15.0. The molecule has 112 valence electrons. The first-order valence-corrected chi connectivity index (χ1v) is 8.97. The molecule has 0 saturated heterocycles.